The first kappa shape index (κ1) is 18.6. The highest BCUT2D eigenvalue weighted by Gasteiger charge is 2.10. The number of thioether (sulfide) groups is 2. The summed E-state index contributed by atoms with van der Waals surface area (Å²) in [4.78, 5) is 12.0. The Hall–Kier alpha value is -0.760. The molecule has 0 aliphatic rings. The van der Waals surface area contributed by atoms with Crippen molar-refractivity contribution in [3.63, 3.8) is 0 Å². The average Bonchev–Trinajstić information content (AvgIpc) is 2.94. The number of benzene rings is 1. The maximum absolute atomic E-state index is 12.0. The Morgan fingerprint density at radius 2 is 2.00 bits per heavy atom. The summed E-state index contributed by atoms with van der Waals surface area (Å²) in [5.41, 5.74) is 1.73. The van der Waals surface area contributed by atoms with Gasteiger partial charge in [0.1, 0.15) is 0 Å². The Balaban J connectivity index is 1.82. The molecule has 0 aliphatic heterocycles. The van der Waals surface area contributed by atoms with Gasteiger partial charge in [0.15, 0.2) is 8.68 Å². The Labute approximate surface area is 153 Å². The van der Waals surface area contributed by atoms with Crippen molar-refractivity contribution in [1.29, 1.82) is 0 Å². The molecular formula is C15H18ClN3OS3. The monoisotopic (exact) mass is 387 g/mol. The first-order valence-electron chi connectivity index (χ1n) is 7.09. The van der Waals surface area contributed by atoms with Crippen LogP contribution >= 0.6 is 46.5 Å². The number of nitrogens with zero attached hydrogens (tertiary/aromatic N) is 2. The molecule has 0 unspecified atom stereocenters. The second kappa shape index (κ2) is 8.92. The van der Waals surface area contributed by atoms with E-state index in [4.69, 9.17) is 11.6 Å². The average molecular weight is 388 g/mol. The maximum Gasteiger partial charge on any atom is 0.234 e. The number of hydrogen-bond acceptors (Lipinski definition) is 6. The minimum absolute atomic E-state index is 0.0630. The van der Waals surface area contributed by atoms with E-state index in [1.165, 1.54) is 23.1 Å². The number of nitrogens with one attached hydrogen (secondary N) is 1. The Kier molecular flexibility index (Phi) is 7.20. The first-order valence-corrected chi connectivity index (χ1v) is 10.3. The van der Waals surface area contributed by atoms with Gasteiger partial charge in [-0.1, -0.05) is 60.3 Å². The van der Waals surface area contributed by atoms with E-state index in [9.17, 15) is 4.79 Å². The minimum atomic E-state index is -0.0630. The molecule has 0 saturated carbocycles. The summed E-state index contributed by atoms with van der Waals surface area (Å²) in [6.07, 6.45) is 0. The van der Waals surface area contributed by atoms with Gasteiger partial charge in [-0.2, -0.15) is 0 Å². The van der Waals surface area contributed by atoms with Crippen molar-refractivity contribution in [3.8, 4) is 0 Å². The Bertz CT molecular complexity index is 676. The van der Waals surface area contributed by atoms with E-state index < -0.39 is 0 Å². The second-order valence-electron chi connectivity index (χ2n) is 5.33. The zero-order chi connectivity index (χ0) is 16.8. The molecule has 1 aromatic heterocycles. The van der Waals surface area contributed by atoms with Gasteiger partial charge < -0.3 is 5.32 Å². The third-order valence-corrected chi connectivity index (χ3v) is 6.57. The van der Waals surface area contributed by atoms with Gasteiger partial charge in [0.2, 0.25) is 5.91 Å². The van der Waals surface area contributed by atoms with Crippen LogP contribution in [0.5, 0.6) is 0 Å². The van der Waals surface area contributed by atoms with Gasteiger partial charge in [-0.3, -0.25) is 4.79 Å². The number of halogens is 1. The lowest BCUT2D eigenvalue weighted by Crippen LogP contribution is -2.14. The quantitative estimate of drug-likeness (QED) is 0.679. The lowest BCUT2D eigenvalue weighted by atomic mass is 10.2. The lowest BCUT2D eigenvalue weighted by Gasteiger charge is -2.07. The second-order valence-corrected chi connectivity index (χ2v) is 9.24. The van der Waals surface area contributed by atoms with Crippen LogP contribution in [0.2, 0.25) is 5.02 Å². The van der Waals surface area contributed by atoms with E-state index >= 15 is 0 Å². The predicted molar refractivity (Wildman–Crippen MR) is 101 cm³/mol. The van der Waals surface area contributed by atoms with Gasteiger partial charge in [0, 0.05) is 16.5 Å². The van der Waals surface area contributed by atoms with Crippen molar-refractivity contribution in [3.05, 3.63) is 28.8 Å². The third kappa shape index (κ3) is 6.33. The fourth-order valence-corrected chi connectivity index (χ4v) is 4.66. The van der Waals surface area contributed by atoms with Crippen LogP contribution in [0.15, 0.2) is 26.9 Å². The fraction of sp³-hybridized carbons (Fsp3) is 0.400. The van der Waals surface area contributed by atoms with Crippen molar-refractivity contribution in [2.45, 2.75) is 29.5 Å². The summed E-state index contributed by atoms with van der Waals surface area (Å²) in [5.74, 6) is 1.89. The zero-order valence-corrected chi connectivity index (χ0v) is 16.3. The van der Waals surface area contributed by atoms with Crippen molar-refractivity contribution in [2.24, 2.45) is 5.92 Å². The summed E-state index contributed by atoms with van der Waals surface area (Å²) < 4.78 is 1.77. The van der Waals surface area contributed by atoms with Crippen LogP contribution in [-0.2, 0) is 4.79 Å². The number of hydrogen-bond donors (Lipinski definition) is 1. The van der Waals surface area contributed by atoms with Gasteiger partial charge in [-0.25, -0.2) is 0 Å². The fourth-order valence-electron chi connectivity index (χ4n) is 1.63. The van der Waals surface area contributed by atoms with Crippen molar-refractivity contribution >= 4 is 58.1 Å². The molecule has 2 rings (SSSR count). The predicted octanol–water partition coefficient (Wildman–Crippen LogP) is 4.98. The highest BCUT2D eigenvalue weighted by Crippen LogP contribution is 2.30. The molecule has 0 radical (unpaired) electrons. The normalized spacial score (nSPS) is 11.0. The van der Waals surface area contributed by atoms with Crippen molar-refractivity contribution < 1.29 is 4.79 Å². The summed E-state index contributed by atoms with van der Waals surface area (Å²) >= 11 is 10.6. The van der Waals surface area contributed by atoms with Crippen LogP contribution in [0.4, 0.5) is 5.69 Å². The molecule has 0 fully saturated rings. The number of carbonyl (C=O) groups excluding carboxylic acids is 1. The van der Waals surface area contributed by atoms with Crippen LogP contribution in [0.25, 0.3) is 0 Å². The van der Waals surface area contributed by atoms with Gasteiger partial charge in [0.25, 0.3) is 0 Å². The van der Waals surface area contributed by atoms with Crippen molar-refractivity contribution in [1.82, 2.24) is 10.2 Å². The van der Waals surface area contributed by atoms with Gasteiger partial charge >= 0.3 is 0 Å². The summed E-state index contributed by atoms with van der Waals surface area (Å²) in [6, 6.07) is 5.40. The van der Waals surface area contributed by atoms with Gasteiger partial charge in [0.05, 0.1) is 5.75 Å². The molecule has 0 bridgehead atoms. The molecule has 0 atom stereocenters. The third-order valence-electron chi connectivity index (χ3n) is 2.72. The topological polar surface area (TPSA) is 54.9 Å². The molecule has 124 valence electrons. The molecule has 1 aromatic carbocycles. The number of carbonyl (C=O) groups is 1. The number of amides is 1. The highest BCUT2D eigenvalue weighted by atomic mass is 35.5. The van der Waals surface area contributed by atoms with E-state index in [2.05, 4.69) is 29.4 Å². The molecule has 1 heterocycles. The molecule has 23 heavy (non-hydrogen) atoms. The van der Waals surface area contributed by atoms with Crippen LogP contribution < -0.4 is 5.32 Å². The molecule has 4 nitrogen and oxygen atoms in total. The molecule has 0 spiro atoms. The van der Waals surface area contributed by atoms with Gasteiger partial charge in [-0.15, -0.1) is 10.2 Å². The van der Waals surface area contributed by atoms with E-state index in [1.54, 1.807) is 17.8 Å². The van der Waals surface area contributed by atoms with Gasteiger partial charge in [-0.05, 0) is 36.6 Å². The molecule has 2 aromatic rings. The number of aryl methyl sites for hydroxylation is 1. The standard InChI is InChI=1S/C15H18ClN3OS3/c1-9(2)7-21-14-18-19-15(23-14)22-8-13(20)17-12-5-4-11(16)6-10(12)3/h4-6,9H,7-8H2,1-3H3,(H,17,20). The smallest absolute Gasteiger partial charge is 0.234 e. The summed E-state index contributed by atoms with van der Waals surface area (Å²) in [5, 5.41) is 11.8. The Morgan fingerprint density at radius 1 is 1.30 bits per heavy atom. The lowest BCUT2D eigenvalue weighted by molar-refractivity contribution is -0.113. The number of aromatic nitrogens is 2. The number of rotatable bonds is 7. The summed E-state index contributed by atoms with van der Waals surface area (Å²) in [6.45, 7) is 6.26. The largest absolute Gasteiger partial charge is 0.325 e. The van der Waals surface area contributed by atoms with E-state index in [0.29, 0.717) is 16.7 Å². The summed E-state index contributed by atoms with van der Waals surface area (Å²) in [7, 11) is 0. The SMILES string of the molecule is Cc1cc(Cl)ccc1NC(=O)CSc1nnc(SCC(C)C)s1. The highest BCUT2D eigenvalue weighted by molar-refractivity contribution is 8.03. The van der Waals surface area contributed by atoms with E-state index in [0.717, 1.165) is 25.7 Å². The molecule has 0 aliphatic carbocycles. The van der Waals surface area contributed by atoms with E-state index in [1.807, 2.05) is 19.1 Å². The maximum atomic E-state index is 12.0. The Morgan fingerprint density at radius 3 is 2.65 bits per heavy atom. The van der Waals surface area contributed by atoms with Crippen LogP contribution in [0, 0.1) is 12.8 Å². The first-order chi connectivity index (χ1) is 10.9. The van der Waals surface area contributed by atoms with Crippen molar-refractivity contribution in [2.75, 3.05) is 16.8 Å². The molecule has 8 heteroatoms. The number of anilines is 1. The minimum Gasteiger partial charge on any atom is -0.325 e. The zero-order valence-electron chi connectivity index (χ0n) is 13.1. The molecule has 0 saturated heterocycles. The molecule has 1 amide bonds. The van der Waals surface area contributed by atoms with Crippen LogP contribution in [-0.4, -0.2) is 27.6 Å². The van der Waals surface area contributed by atoms with E-state index in [-0.39, 0.29) is 5.91 Å². The van der Waals surface area contributed by atoms with Crippen LogP contribution in [0.3, 0.4) is 0 Å². The van der Waals surface area contributed by atoms with Crippen LogP contribution in [0.1, 0.15) is 19.4 Å². The molecule has 1 N–H and O–H groups in total. The molecular weight excluding hydrogens is 370 g/mol.